The first-order chi connectivity index (χ1) is 10.1. The molecule has 2 N–H and O–H groups in total. The molecular formula is C16H14ClNOS2. The van der Waals surface area contributed by atoms with Gasteiger partial charge in [-0.15, -0.1) is 11.8 Å². The first-order valence-corrected chi connectivity index (χ1v) is 8.36. The van der Waals surface area contributed by atoms with Crippen LogP contribution in [0.25, 0.3) is 0 Å². The predicted molar refractivity (Wildman–Crippen MR) is 92.7 cm³/mol. The Labute approximate surface area is 138 Å². The molecule has 0 aromatic heterocycles. The second-order valence-corrected chi connectivity index (χ2v) is 6.77. The third-order valence-corrected chi connectivity index (χ3v) is 5.24. The molecule has 0 saturated heterocycles. The highest BCUT2D eigenvalue weighted by atomic mass is 35.5. The summed E-state index contributed by atoms with van der Waals surface area (Å²) < 4.78 is 5.88. The molecule has 1 heterocycles. The molecule has 2 aromatic carbocycles. The van der Waals surface area contributed by atoms with Crippen molar-refractivity contribution in [3.63, 3.8) is 0 Å². The molecule has 21 heavy (non-hydrogen) atoms. The molecule has 2 nitrogen and oxygen atoms in total. The standard InChI is InChI=1S/C16H14ClNOS2/c17-14-7-11(5-6-13(14)16(18)20)19-8-10-9-21-15-4-2-1-3-12(10)15/h1-7,10H,8-9H2,(H2,18,20). The smallest absolute Gasteiger partial charge is 0.120 e. The van der Waals surface area contributed by atoms with E-state index in [1.54, 1.807) is 12.1 Å². The molecular weight excluding hydrogens is 322 g/mol. The largest absolute Gasteiger partial charge is 0.493 e. The molecule has 0 spiro atoms. The van der Waals surface area contributed by atoms with E-state index in [9.17, 15) is 0 Å². The van der Waals surface area contributed by atoms with Crippen LogP contribution in [0, 0.1) is 0 Å². The van der Waals surface area contributed by atoms with E-state index in [0.29, 0.717) is 28.1 Å². The summed E-state index contributed by atoms with van der Waals surface area (Å²) in [6.07, 6.45) is 0. The molecule has 0 amide bonds. The number of thiocarbonyl (C=S) groups is 1. The number of hydrogen-bond acceptors (Lipinski definition) is 3. The highest BCUT2D eigenvalue weighted by Gasteiger charge is 2.23. The molecule has 5 heteroatoms. The first kappa shape index (κ1) is 14.7. The molecule has 1 aliphatic heterocycles. The van der Waals surface area contributed by atoms with E-state index < -0.39 is 0 Å². The molecule has 2 aromatic rings. The molecule has 0 saturated carbocycles. The number of benzene rings is 2. The summed E-state index contributed by atoms with van der Waals surface area (Å²) in [4.78, 5) is 1.65. The average Bonchev–Trinajstić information content (AvgIpc) is 2.88. The second-order valence-electron chi connectivity index (χ2n) is 4.86. The van der Waals surface area contributed by atoms with Crippen LogP contribution in [0.15, 0.2) is 47.4 Å². The van der Waals surface area contributed by atoms with Crippen LogP contribution < -0.4 is 10.5 Å². The molecule has 0 aliphatic carbocycles. The lowest BCUT2D eigenvalue weighted by molar-refractivity contribution is 0.298. The van der Waals surface area contributed by atoms with Crippen LogP contribution in [0.1, 0.15) is 17.0 Å². The van der Waals surface area contributed by atoms with Crippen molar-refractivity contribution in [2.75, 3.05) is 12.4 Å². The number of thioether (sulfide) groups is 1. The third kappa shape index (κ3) is 3.18. The minimum absolute atomic E-state index is 0.299. The fraction of sp³-hybridized carbons (Fsp3) is 0.188. The summed E-state index contributed by atoms with van der Waals surface area (Å²) in [7, 11) is 0. The van der Waals surface area contributed by atoms with Crippen molar-refractivity contribution in [2.45, 2.75) is 10.8 Å². The number of nitrogens with two attached hydrogens (primary N) is 1. The normalized spacial score (nSPS) is 16.5. The Morgan fingerprint density at radius 1 is 1.33 bits per heavy atom. The third-order valence-electron chi connectivity index (χ3n) is 3.46. The summed E-state index contributed by atoms with van der Waals surface area (Å²) in [5.74, 6) is 2.22. The van der Waals surface area contributed by atoms with Crippen molar-refractivity contribution in [2.24, 2.45) is 5.73 Å². The lowest BCUT2D eigenvalue weighted by Crippen LogP contribution is -2.11. The van der Waals surface area contributed by atoms with Crippen molar-refractivity contribution < 1.29 is 4.74 Å². The van der Waals surface area contributed by atoms with Gasteiger partial charge in [-0.05, 0) is 29.8 Å². The molecule has 0 radical (unpaired) electrons. The minimum atomic E-state index is 0.299. The summed E-state index contributed by atoms with van der Waals surface area (Å²) >= 11 is 13.0. The lowest BCUT2D eigenvalue weighted by Gasteiger charge is -2.13. The van der Waals surface area contributed by atoms with Gasteiger partial charge in [0.1, 0.15) is 10.7 Å². The van der Waals surface area contributed by atoms with E-state index in [2.05, 4.69) is 24.3 Å². The molecule has 1 aliphatic rings. The van der Waals surface area contributed by atoms with E-state index in [1.807, 2.05) is 17.8 Å². The monoisotopic (exact) mass is 335 g/mol. The first-order valence-electron chi connectivity index (χ1n) is 6.59. The Morgan fingerprint density at radius 2 is 2.14 bits per heavy atom. The molecule has 3 rings (SSSR count). The van der Waals surface area contributed by atoms with Crippen molar-refractivity contribution >= 4 is 40.6 Å². The van der Waals surface area contributed by atoms with Crippen molar-refractivity contribution in [1.82, 2.24) is 0 Å². The molecule has 0 fully saturated rings. The van der Waals surface area contributed by atoms with E-state index in [4.69, 9.17) is 34.3 Å². The second kappa shape index (κ2) is 6.26. The zero-order chi connectivity index (χ0) is 14.8. The van der Waals surface area contributed by atoms with Gasteiger partial charge in [0.25, 0.3) is 0 Å². The van der Waals surface area contributed by atoms with E-state index >= 15 is 0 Å². The Morgan fingerprint density at radius 3 is 2.90 bits per heavy atom. The summed E-state index contributed by atoms with van der Waals surface area (Å²) in [5, 5.41) is 0.529. The van der Waals surface area contributed by atoms with Gasteiger partial charge in [-0.1, -0.05) is 42.0 Å². The Hall–Kier alpha value is -1.23. The van der Waals surface area contributed by atoms with Gasteiger partial charge in [0.05, 0.1) is 11.6 Å². The van der Waals surface area contributed by atoms with Gasteiger partial charge in [-0.2, -0.15) is 0 Å². The van der Waals surface area contributed by atoms with Crippen LogP contribution in [0.3, 0.4) is 0 Å². The number of halogens is 1. The minimum Gasteiger partial charge on any atom is -0.493 e. The van der Waals surface area contributed by atoms with Gasteiger partial charge in [-0.25, -0.2) is 0 Å². The molecule has 0 bridgehead atoms. The van der Waals surface area contributed by atoms with Crippen LogP contribution in [0.4, 0.5) is 0 Å². The zero-order valence-corrected chi connectivity index (χ0v) is 13.6. The van der Waals surface area contributed by atoms with E-state index in [0.717, 1.165) is 11.5 Å². The Balaban J connectivity index is 1.69. The van der Waals surface area contributed by atoms with Gasteiger partial charge in [0.2, 0.25) is 0 Å². The topological polar surface area (TPSA) is 35.2 Å². The highest BCUT2D eigenvalue weighted by molar-refractivity contribution is 7.99. The van der Waals surface area contributed by atoms with E-state index in [-0.39, 0.29) is 0 Å². The number of fused-ring (bicyclic) bond motifs is 1. The number of rotatable bonds is 4. The Kier molecular flexibility index (Phi) is 4.38. The van der Waals surface area contributed by atoms with Crippen LogP contribution in [0.2, 0.25) is 5.02 Å². The molecule has 108 valence electrons. The quantitative estimate of drug-likeness (QED) is 0.847. The van der Waals surface area contributed by atoms with Crippen molar-refractivity contribution in [3.8, 4) is 5.75 Å². The van der Waals surface area contributed by atoms with Crippen molar-refractivity contribution in [3.05, 3.63) is 58.6 Å². The van der Waals surface area contributed by atoms with Gasteiger partial charge in [0.15, 0.2) is 0 Å². The molecule has 1 atom stereocenters. The highest BCUT2D eigenvalue weighted by Crippen LogP contribution is 2.39. The lowest BCUT2D eigenvalue weighted by atomic mass is 10.0. The predicted octanol–water partition coefficient (Wildman–Crippen LogP) is 4.24. The van der Waals surface area contributed by atoms with Gasteiger partial charge >= 0.3 is 0 Å². The van der Waals surface area contributed by atoms with Gasteiger partial charge in [0, 0.05) is 22.1 Å². The summed E-state index contributed by atoms with van der Waals surface area (Å²) in [6, 6.07) is 13.9. The fourth-order valence-corrected chi connectivity index (χ4v) is 4.09. The van der Waals surface area contributed by atoms with Crippen LogP contribution in [0.5, 0.6) is 5.75 Å². The molecule has 1 unspecified atom stereocenters. The maximum atomic E-state index is 6.15. The fourth-order valence-electron chi connectivity index (χ4n) is 2.35. The zero-order valence-electron chi connectivity index (χ0n) is 11.2. The Bertz CT molecular complexity index is 690. The maximum Gasteiger partial charge on any atom is 0.120 e. The van der Waals surface area contributed by atoms with Crippen LogP contribution >= 0.6 is 35.6 Å². The van der Waals surface area contributed by atoms with E-state index in [1.165, 1.54) is 10.5 Å². The van der Waals surface area contributed by atoms with Gasteiger partial charge in [-0.3, -0.25) is 0 Å². The average molecular weight is 336 g/mol. The van der Waals surface area contributed by atoms with Crippen LogP contribution in [-0.2, 0) is 0 Å². The van der Waals surface area contributed by atoms with Gasteiger partial charge < -0.3 is 10.5 Å². The summed E-state index contributed by atoms with van der Waals surface area (Å²) in [5.41, 5.74) is 7.64. The number of hydrogen-bond donors (Lipinski definition) is 1. The SMILES string of the molecule is NC(=S)c1ccc(OCC2CSc3ccccc32)cc1Cl. The maximum absolute atomic E-state index is 6.15. The summed E-state index contributed by atoms with van der Waals surface area (Å²) in [6.45, 7) is 0.646. The number of ether oxygens (including phenoxy) is 1. The van der Waals surface area contributed by atoms with Crippen LogP contribution in [-0.4, -0.2) is 17.3 Å². The van der Waals surface area contributed by atoms with Crippen molar-refractivity contribution in [1.29, 1.82) is 0 Å².